The molecule has 0 fully saturated rings. The minimum atomic E-state index is -3.76. The Bertz CT molecular complexity index is 711. The van der Waals surface area contributed by atoms with Gasteiger partial charge in [0.2, 0.25) is 5.95 Å². The molecule has 2 aromatic heterocycles. The quantitative estimate of drug-likeness (QED) is 0.796. The van der Waals surface area contributed by atoms with Gasteiger partial charge in [-0.05, 0) is 27.0 Å². The summed E-state index contributed by atoms with van der Waals surface area (Å²) in [7, 11) is -1.93. The topological polar surface area (TPSA) is 102 Å². The Hall–Kier alpha value is -2.00. The average Bonchev–Trinajstić information content (AvgIpc) is 2.72. The zero-order chi connectivity index (χ0) is 15.5. The van der Waals surface area contributed by atoms with Gasteiger partial charge in [0.15, 0.2) is 0 Å². The molecule has 2 heterocycles. The molecule has 9 heteroatoms. The maximum Gasteiger partial charge on any atom is 0.267 e. The van der Waals surface area contributed by atoms with E-state index >= 15 is 0 Å². The minimum absolute atomic E-state index is 0.0410. The van der Waals surface area contributed by atoms with Crippen LogP contribution in [0, 0.1) is 13.8 Å². The van der Waals surface area contributed by atoms with E-state index in [2.05, 4.69) is 25.1 Å². The van der Waals surface area contributed by atoms with Gasteiger partial charge in [-0.15, -0.1) is 0 Å². The predicted molar refractivity (Wildman–Crippen MR) is 78.5 cm³/mol. The Balaban J connectivity index is 2.34. The molecule has 0 radical (unpaired) electrons. The molecule has 0 aliphatic rings. The summed E-state index contributed by atoms with van der Waals surface area (Å²) < 4.78 is 29.0. The average molecular weight is 310 g/mol. The van der Waals surface area contributed by atoms with Crippen LogP contribution < -0.4 is 10.0 Å². The van der Waals surface area contributed by atoms with Crippen LogP contribution in [-0.4, -0.2) is 41.8 Å². The maximum absolute atomic E-state index is 12.5. The Morgan fingerprint density at radius 3 is 2.52 bits per heavy atom. The molecule has 0 spiro atoms. The lowest BCUT2D eigenvalue weighted by Crippen LogP contribution is -2.18. The fourth-order valence-electron chi connectivity index (χ4n) is 2.03. The van der Waals surface area contributed by atoms with Crippen LogP contribution >= 0.6 is 0 Å². The van der Waals surface area contributed by atoms with E-state index in [9.17, 15) is 8.42 Å². The first kappa shape index (κ1) is 15.4. The Kier molecular flexibility index (Phi) is 4.53. The highest BCUT2D eigenvalue weighted by atomic mass is 32.2. The SMILES string of the molecule is CNCCn1nc(C)c(S(=O)(=O)Nc2ncccn2)c1C. The molecule has 0 unspecified atom stereocenters. The number of nitrogens with zero attached hydrogens (tertiary/aromatic N) is 4. The van der Waals surface area contributed by atoms with Crippen molar-refractivity contribution in [2.24, 2.45) is 0 Å². The third-order valence-corrected chi connectivity index (χ3v) is 4.53. The lowest BCUT2D eigenvalue weighted by atomic mass is 10.4. The van der Waals surface area contributed by atoms with Gasteiger partial charge in [0, 0.05) is 18.9 Å². The maximum atomic E-state index is 12.5. The number of aryl methyl sites for hydroxylation is 1. The minimum Gasteiger partial charge on any atom is -0.318 e. The smallest absolute Gasteiger partial charge is 0.267 e. The molecule has 2 N–H and O–H groups in total. The van der Waals surface area contributed by atoms with E-state index in [0.29, 0.717) is 24.5 Å². The highest BCUT2D eigenvalue weighted by Crippen LogP contribution is 2.21. The van der Waals surface area contributed by atoms with Gasteiger partial charge >= 0.3 is 0 Å². The van der Waals surface area contributed by atoms with Crippen LogP contribution in [0.5, 0.6) is 0 Å². The lowest BCUT2D eigenvalue weighted by Gasteiger charge is -2.07. The number of sulfonamides is 1. The highest BCUT2D eigenvalue weighted by molar-refractivity contribution is 7.92. The van der Waals surface area contributed by atoms with Crippen molar-refractivity contribution in [2.75, 3.05) is 18.3 Å². The van der Waals surface area contributed by atoms with Gasteiger partial charge in [-0.1, -0.05) is 0 Å². The van der Waals surface area contributed by atoms with Gasteiger partial charge in [0.1, 0.15) is 4.90 Å². The van der Waals surface area contributed by atoms with Crippen LogP contribution in [0.25, 0.3) is 0 Å². The van der Waals surface area contributed by atoms with Crippen molar-refractivity contribution in [2.45, 2.75) is 25.3 Å². The van der Waals surface area contributed by atoms with Crippen LogP contribution in [-0.2, 0) is 16.6 Å². The van der Waals surface area contributed by atoms with E-state index in [4.69, 9.17) is 0 Å². The first-order valence-electron chi connectivity index (χ1n) is 6.44. The fraction of sp³-hybridized carbons (Fsp3) is 0.417. The molecule has 0 aromatic carbocycles. The van der Waals surface area contributed by atoms with E-state index in [1.54, 1.807) is 24.6 Å². The highest BCUT2D eigenvalue weighted by Gasteiger charge is 2.25. The molecule has 0 saturated carbocycles. The zero-order valence-corrected chi connectivity index (χ0v) is 13.0. The van der Waals surface area contributed by atoms with E-state index in [1.807, 2.05) is 7.05 Å². The third kappa shape index (κ3) is 3.37. The molecule has 0 saturated heterocycles. The van der Waals surface area contributed by atoms with Crippen LogP contribution in [0.15, 0.2) is 23.4 Å². The summed E-state index contributed by atoms with van der Waals surface area (Å²) in [5.74, 6) is 0.0410. The number of hydrogen-bond acceptors (Lipinski definition) is 6. The number of anilines is 1. The van der Waals surface area contributed by atoms with E-state index < -0.39 is 10.0 Å². The van der Waals surface area contributed by atoms with Crippen LogP contribution in [0.3, 0.4) is 0 Å². The summed E-state index contributed by atoms with van der Waals surface area (Å²) in [6, 6.07) is 1.62. The largest absolute Gasteiger partial charge is 0.318 e. The van der Waals surface area contributed by atoms with Crippen molar-refractivity contribution in [3.8, 4) is 0 Å². The predicted octanol–water partition coefficient (Wildman–Crippen LogP) is 0.310. The standard InChI is InChI=1S/C12H18N6O2S/c1-9-11(10(2)18(16-9)8-7-13-3)21(19,20)17-12-14-5-4-6-15-12/h4-6,13H,7-8H2,1-3H3,(H,14,15,17). The second kappa shape index (κ2) is 6.19. The number of hydrogen-bond donors (Lipinski definition) is 2. The molecule has 2 rings (SSSR count). The van der Waals surface area contributed by atoms with Crippen LogP contribution in [0.4, 0.5) is 5.95 Å². The molecule has 0 amide bonds. The van der Waals surface area contributed by atoms with Gasteiger partial charge in [-0.3, -0.25) is 4.68 Å². The van der Waals surface area contributed by atoms with Gasteiger partial charge < -0.3 is 5.32 Å². The number of likely N-dealkylation sites (N-methyl/N-ethyl adjacent to an activating group) is 1. The third-order valence-electron chi connectivity index (χ3n) is 2.95. The first-order chi connectivity index (χ1) is 9.95. The first-order valence-corrected chi connectivity index (χ1v) is 7.92. The van der Waals surface area contributed by atoms with Crippen molar-refractivity contribution in [1.82, 2.24) is 25.1 Å². The second-order valence-corrected chi connectivity index (χ2v) is 6.12. The van der Waals surface area contributed by atoms with Crippen molar-refractivity contribution in [3.05, 3.63) is 29.8 Å². The summed E-state index contributed by atoms with van der Waals surface area (Å²) in [4.78, 5) is 7.91. The summed E-state index contributed by atoms with van der Waals surface area (Å²) >= 11 is 0. The number of aromatic nitrogens is 4. The molecule has 114 valence electrons. The Labute approximate surface area is 123 Å². The molecular formula is C12H18N6O2S. The second-order valence-electron chi connectivity index (χ2n) is 4.50. The summed E-state index contributed by atoms with van der Waals surface area (Å²) in [6.45, 7) is 4.70. The number of nitrogens with one attached hydrogen (secondary N) is 2. The van der Waals surface area contributed by atoms with Crippen molar-refractivity contribution in [1.29, 1.82) is 0 Å². The fourth-order valence-corrected chi connectivity index (χ4v) is 3.40. The molecule has 8 nitrogen and oxygen atoms in total. The molecular weight excluding hydrogens is 292 g/mol. The summed E-state index contributed by atoms with van der Waals surface area (Å²) in [6.07, 6.45) is 2.95. The Morgan fingerprint density at radius 1 is 1.24 bits per heavy atom. The molecule has 0 atom stereocenters. The lowest BCUT2D eigenvalue weighted by molar-refractivity contribution is 0.566. The molecule has 21 heavy (non-hydrogen) atoms. The molecule has 0 aliphatic heterocycles. The van der Waals surface area contributed by atoms with Crippen molar-refractivity contribution in [3.63, 3.8) is 0 Å². The summed E-state index contributed by atoms with van der Waals surface area (Å²) in [5.41, 5.74) is 1.04. The van der Waals surface area contributed by atoms with Gasteiger partial charge in [0.25, 0.3) is 10.0 Å². The zero-order valence-electron chi connectivity index (χ0n) is 12.2. The van der Waals surface area contributed by atoms with E-state index in [0.717, 1.165) is 0 Å². The Morgan fingerprint density at radius 2 is 1.90 bits per heavy atom. The van der Waals surface area contributed by atoms with Crippen molar-refractivity contribution >= 4 is 16.0 Å². The van der Waals surface area contributed by atoms with Gasteiger partial charge in [-0.25, -0.2) is 23.1 Å². The number of rotatable bonds is 6. The van der Waals surface area contributed by atoms with E-state index in [1.165, 1.54) is 12.4 Å². The van der Waals surface area contributed by atoms with E-state index in [-0.39, 0.29) is 10.8 Å². The van der Waals surface area contributed by atoms with Crippen LogP contribution in [0.1, 0.15) is 11.4 Å². The van der Waals surface area contributed by atoms with Gasteiger partial charge in [0.05, 0.1) is 17.9 Å². The molecule has 2 aromatic rings. The summed E-state index contributed by atoms with van der Waals surface area (Å²) in [5, 5.41) is 7.28. The molecule has 0 aliphatic carbocycles. The molecule has 0 bridgehead atoms. The van der Waals surface area contributed by atoms with Gasteiger partial charge in [-0.2, -0.15) is 5.10 Å². The van der Waals surface area contributed by atoms with Crippen molar-refractivity contribution < 1.29 is 8.42 Å². The normalized spacial score (nSPS) is 11.6. The monoisotopic (exact) mass is 310 g/mol. The van der Waals surface area contributed by atoms with Crippen LogP contribution in [0.2, 0.25) is 0 Å².